The van der Waals surface area contributed by atoms with Gasteiger partial charge in [0.2, 0.25) is 0 Å². The fourth-order valence-electron chi connectivity index (χ4n) is 1.38. The third kappa shape index (κ3) is 4.04. The molecule has 0 heterocycles. The quantitative estimate of drug-likeness (QED) is 0.906. The van der Waals surface area contributed by atoms with Gasteiger partial charge in [0.1, 0.15) is 0 Å². The number of carboxylic acid groups (broad SMARTS) is 1. The minimum absolute atomic E-state index is 0.620. The largest absolute Gasteiger partial charge is 0.481 e. The van der Waals surface area contributed by atoms with Gasteiger partial charge in [0.05, 0.1) is 5.41 Å². The van der Waals surface area contributed by atoms with Gasteiger partial charge in [0.15, 0.2) is 0 Å². The Hall–Kier alpha value is -1.03. The maximum absolute atomic E-state index is 11.0. The molecule has 4 heteroatoms. The summed E-state index contributed by atoms with van der Waals surface area (Å²) in [4.78, 5) is 13.1. The first-order valence-corrected chi connectivity index (χ1v) is 6.32. The first-order chi connectivity index (χ1) is 7.83. The Bertz CT molecular complexity index is 387. The Morgan fingerprint density at radius 1 is 1.35 bits per heavy atom. The van der Waals surface area contributed by atoms with E-state index in [1.807, 2.05) is 31.3 Å². The topological polar surface area (TPSA) is 40.5 Å². The minimum atomic E-state index is -0.748. The molecular weight excluding hydrogens is 282 g/mol. The number of anilines is 1. The van der Waals surface area contributed by atoms with E-state index in [2.05, 4.69) is 20.8 Å². The average Bonchev–Trinajstić information content (AvgIpc) is 2.27. The molecule has 0 aliphatic heterocycles. The van der Waals surface area contributed by atoms with Crippen LogP contribution in [0.4, 0.5) is 5.69 Å². The number of aliphatic carboxylic acids is 1. The predicted octanol–water partition coefficient (Wildman–Crippen LogP) is 3.39. The number of halogens is 1. The summed E-state index contributed by atoms with van der Waals surface area (Å²) in [5.74, 6) is -0.748. The zero-order chi connectivity index (χ0) is 13.1. The van der Waals surface area contributed by atoms with Crippen molar-refractivity contribution in [3.05, 3.63) is 28.7 Å². The summed E-state index contributed by atoms with van der Waals surface area (Å²) in [6.45, 7) is 4.23. The SMILES string of the molecule is CN(CCC(C)(C)C(=O)O)c1ccc(Br)cc1. The zero-order valence-electron chi connectivity index (χ0n) is 10.4. The molecule has 0 atom stereocenters. The van der Waals surface area contributed by atoms with Gasteiger partial charge in [-0.1, -0.05) is 15.9 Å². The Morgan fingerprint density at radius 3 is 2.35 bits per heavy atom. The van der Waals surface area contributed by atoms with E-state index in [9.17, 15) is 4.79 Å². The van der Waals surface area contributed by atoms with Crippen molar-refractivity contribution in [3.63, 3.8) is 0 Å². The molecule has 0 aliphatic rings. The van der Waals surface area contributed by atoms with Crippen LogP contribution < -0.4 is 4.90 Å². The molecule has 0 spiro atoms. The molecule has 3 nitrogen and oxygen atoms in total. The van der Waals surface area contributed by atoms with Crippen molar-refractivity contribution in [1.82, 2.24) is 0 Å². The Labute approximate surface area is 111 Å². The maximum atomic E-state index is 11.0. The van der Waals surface area contributed by atoms with Crippen LogP contribution in [0, 0.1) is 5.41 Å². The van der Waals surface area contributed by atoms with Gasteiger partial charge in [0.25, 0.3) is 0 Å². The highest BCUT2D eigenvalue weighted by molar-refractivity contribution is 9.10. The van der Waals surface area contributed by atoms with Gasteiger partial charge in [-0.2, -0.15) is 0 Å². The molecule has 0 aliphatic carbocycles. The second-order valence-corrected chi connectivity index (χ2v) is 5.75. The standard InChI is InChI=1S/C13H18BrNO2/c1-13(2,12(16)17)8-9-15(3)11-6-4-10(14)5-7-11/h4-7H,8-9H2,1-3H3,(H,16,17). The van der Waals surface area contributed by atoms with Crippen LogP contribution in [0.1, 0.15) is 20.3 Å². The van der Waals surface area contributed by atoms with E-state index in [1.165, 1.54) is 0 Å². The molecule has 94 valence electrons. The van der Waals surface area contributed by atoms with Gasteiger partial charge < -0.3 is 10.0 Å². The molecule has 1 N–H and O–H groups in total. The molecule has 0 saturated carbocycles. The number of carbonyl (C=O) groups is 1. The van der Waals surface area contributed by atoms with Crippen molar-refractivity contribution in [1.29, 1.82) is 0 Å². The maximum Gasteiger partial charge on any atom is 0.309 e. The van der Waals surface area contributed by atoms with Crippen molar-refractivity contribution in [3.8, 4) is 0 Å². The highest BCUT2D eigenvalue weighted by Gasteiger charge is 2.26. The molecule has 0 saturated heterocycles. The predicted molar refractivity (Wildman–Crippen MR) is 73.4 cm³/mol. The van der Waals surface area contributed by atoms with Crippen LogP contribution >= 0.6 is 15.9 Å². The van der Waals surface area contributed by atoms with Crippen molar-refractivity contribution in [2.75, 3.05) is 18.5 Å². The third-order valence-electron chi connectivity index (χ3n) is 2.92. The number of hydrogen-bond donors (Lipinski definition) is 1. The molecule has 0 radical (unpaired) electrons. The van der Waals surface area contributed by atoms with E-state index in [4.69, 9.17) is 5.11 Å². The number of hydrogen-bond acceptors (Lipinski definition) is 2. The summed E-state index contributed by atoms with van der Waals surface area (Å²) >= 11 is 3.39. The van der Waals surface area contributed by atoms with E-state index in [1.54, 1.807) is 13.8 Å². The first-order valence-electron chi connectivity index (χ1n) is 5.53. The van der Waals surface area contributed by atoms with Crippen LogP contribution in [0.2, 0.25) is 0 Å². The Morgan fingerprint density at radius 2 is 1.88 bits per heavy atom. The lowest BCUT2D eigenvalue weighted by atomic mass is 9.89. The second kappa shape index (κ2) is 5.54. The highest BCUT2D eigenvalue weighted by Crippen LogP contribution is 2.23. The number of rotatable bonds is 5. The molecule has 0 fully saturated rings. The second-order valence-electron chi connectivity index (χ2n) is 4.84. The normalized spacial score (nSPS) is 11.3. The van der Waals surface area contributed by atoms with Gasteiger partial charge in [-0.3, -0.25) is 4.79 Å². The van der Waals surface area contributed by atoms with Crippen LogP contribution in [-0.2, 0) is 4.79 Å². The number of carboxylic acids is 1. The van der Waals surface area contributed by atoms with Crippen molar-refractivity contribution in [2.24, 2.45) is 5.41 Å². The summed E-state index contributed by atoms with van der Waals surface area (Å²) in [6, 6.07) is 7.98. The fourth-order valence-corrected chi connectivity index (χ4v) is 1.64. The molecule has 1 aromatic carbocycles. The van der Waals surface area contributed by atoms with Crippen LogP contribution in [0.15, 0.2) is 28.7 Å². The van der Waals surface area contributed by atoms with Crippen molar-refractivity contribution < 1.29 is 9.90 Å². The summed E-state index contributed by atoms with van der Waals surface area (Å²) in [7, 11) is 1.97. The van der Waals surface area contributed by atoms with E-state index in [0.717, 1.165) is 16.7 Å². The minimum Gasteiger partial charge on any atom is -0.481 e. The van der Waals surface area contributed by atoms with Crippen LogP contribution in [-0.4, -0.2) is 24.7 Å². The molecule has 17 heavy (non-hydrogen) atoms. The van der Waals surface area contributed by atoms with Gasteiger partial charge in [-0.25, -0.2) is 0 Å². The van der Waals surface area contributed by atoms with Crippen LogP contribution in [0.5, 0.6) is 0 Å². The lowest BCUT2D eigenvalue weighted by Gasteiger charge is -2.25. The Kier molecular flexibility index (Phi) is 4.57. The summed E-state index contributed by atoms with van der Waals surface area (Å²) in [6.07, 6.45) is 0.620. The van der Waals surface area contributed by atoms with E-state index in [-0.39, 0.29) is 0 Å². The molecule has 0 unspecified atom stereocenters. The molecule has 0 aromatic heterocycles. The third-order valence-corrected chi connectivity index (χ3v) is 3.45. The summed E-state index contributed by atoms with van der Waals surface area (Å²) in [5, 5.41) is 9.04. The van der Waals surface area contributed by atoms with Crippen molar-refractivity contribution in [2.45, 2.75) is 20.3 Å². The molecule has 1 aromatic rings. The van der Waals surface area contributed by atoms with Gasteiger partial charge in [-0.05, 0) is 44.5 Å². The summed E-state index contributed by atoms with van der Waals surface area (Å²) < 4.78 is 1.04. The van der Waals surface area contributed by atoms with Gasteiger partial charge >= 0.3 is 5.97 Å². The monoisotopic (exact) mass is 299 g/mol. The zero-order valence-corrected chi connectivity index (χ0v) is 12.0. The summed E-state index contributed by atoms with van der Waals surface area (Å²) in [5.41, 5.74) is 0.415. The van der Waals surface area contributed by atoms with Crippen LogP contribution in [0.25, 0.3) is 0 Å². The highest BCUT2D eigenvalue weighted by atomic mass is 79.9. The Balaban J connectivity index is 2.58. The number of benzene rings is 1. The smallest absolute Gasteiger partial charge is 0.309 e. The fraction of sp³-hybridized carbons (Fsp3) is 0.462. The molecular formula is C13H18BrNO2. The molecule has 0 amide bonds. The average molecular weight is 300 g/mol. The molecule has 1 rings (SSSR count). The van der Waals surface area contributed by atoms with E-state index >= 15 is 0 Å². The van der Waals surface area contributed by atoms with E-state index in [0.29, 0.717) is 6.42 Å². The van der Waals surface area contributed by atoms with Crippen molar-refractivity contribution >= 4 is 27.6 Å². The lowest BCUT2D eigenvalue weighted by molar-refractivity contribution is -0.147. The van der Waals surface area contributed by atoms with Gasteiger partial charge in [0, 0.05) is 23.8 Å². The molecule has 0 bridgehead atoms. The first kappa shape index (κ1) is 14.0. The van der Waals surface area contributed by atoms with Gasteiger partial charge in [-0.15, -0.1) is 0 Å². The lowest BCUT2D eigenvalue weighted by Crippen LogP contribution is -2.30. The van der Waals surface area contributed by atoms with E-state index < -0.39 is 11.4 Å². The van der Waals surface area contributed by atoms with Crippen LogP contribution in [0.3, 0.4) is 0 Å². The number of nitrogens with zero attached hydrogens (tertiary/aromatic N) is 1.